The predicted octanol–water partition coefficient (Wildman–Crippen LogP) is 23.5. The van der Waals surface area contributed by atoms with E-state index in [2.05, 4.69) is 207 Å². The minimum absolute atomic E-state index is 0. The van der Waals surface area contributed by atoms with E-state index in [0.29, 0.717) is 54.6 Å². The summed E-state index contributed by atoms with van der Waals surface area (Å²) in [7, 11) is 0. The quantitative estimate of drug-likeness (QED) is 0.0726. The Bertz CT molecular complexity index is 4210. The molecule has 0 aliphatic heterocycles. The molecule has 0 bridgehead atoms. The molecule has 12 heteroatoms. The molecular weight excluding hydrogens is 1340 g/mol. The van der Waals surface area contributed by atoms with Crippen LogP contribution in [0, 0.1) is 25.5 Å². The van der Waals surface area contributed by atoms with E-state index in [-0.39, 0.29) is 68.9 Å². The van der Waals surface area contributed by atoms with Crippen molar-refractivity contribution in [1.29, 1.82) is 0 Å². The number of benzene rings is 8. The molecule has 12 rings (SSSR count). The van der Waals surface area contributed by atoms with Crippen LogP contribution in [0.4, 0.5) is 8.78 Å². The van der Waals surface area contributed by atoms with Gasteiger partial charge in [0.2, 0.25) is 0 Å². The Morgan fingerprint density at radius 1 is 0.426 bits per heavy atom. The smallest absolute Gasteiger partial charge is 0 e. The summed E-state index contributed by atoms with van der Waals surface area (Å²) in [6.45, 7) is 43.2. The third-order valence-electron chi connectivity index (χ3n) is 18.4. The first kappa shape index (κ1) is 71.3. The zero-order chi connectivity index (χ0) is 67.3. The van der Waals surface area contributed by atoms with Crippen LogP contribution in [-0.4, -0.2) is 53.0 Å². The molecule has 0 radical (unpaired) electrons. The Morgan fingerprint density at radius 2 is 0.713 bits per heavy atom. The monoisotopic (exact) mass is 1430 g/mol. The molecule has 12 aromatic rings. The standard InChI is InChI=1S/C68H76F2GeN2O4S2.2C7H7.Zr/c1-39(2)71(40(3)4,37-76-59-27-21-45(69)33-51(59)63-61(74)57(35-78-63)72-53-23-17-41(65(5,6)7)29-47(53)48-30-42(66(8,9)10)18-24-54(48)72)38-77-60-28-22-46(70)34-52(60)64-62(75)58(36-79-64)73-55-25-19-43(67(11,12)13)31-49(55)50-32-44(68(14,15)16)20-26-56(50)73;2*1-7-5-3-2-4-6-7;/h17-36,39-40,74-75H,37-38H2,1-16H3;2*2-6H,1H2;/q;2*-1;/p+2. The Morgan fingerprint density at radius 3 is 0.957 bits per heavy atom. The first-order valence-corrected chi connectivity index (χ1v) is 39.4. The van der Waals surface area contributed by atoms with Crippen molar-refractivity contribution in [2.24, 2.45) is 0 Å². The van der Waals surface area contributed by atoms with E-state index in [9.17, 15) is 10.2 Å². The number of halogens is 2. The molecule has 4 heterocycles. The number of nitrogens with zero attached hydrogens (tertiary/aromatic N) is 2. The topological polar surface area (TPSA) is 75.9 Å². The molecule has 0 amide bonds. The SMILES string of the molecule is C[CH](C)[Ge]([CH2][OH+]c1ccc(F)cc1-c1scc(-n2c3ccc(C(C)(C)C)cc3c3cc(C(C)(C)C)ccc32)c1O)([CH2][OH+]c1ccc(F)cc1-c1scc(-n2c3ccc(C(C)(C)C)cc3c3cc(C(C)(C)C)ccc32)c1O)[CH](C)C.[CH2-]c1ccccc1.[CH2-]c1ccccc1.[Zr]. The van der Waals surface area contributed by atoms with Crippen LogP contribution in [0.25, 0.3) is 75.9 Å². The van der Waals surface area contributed by atoms with Gasteiger partial charge in [-0.2, -0.15) is 49.2 Å². The fraction of sp³-hybridized carbons (Fsp3) is 0.293. The predicted molar refractivity (Wildman–Crippen MR) is 397 cm³/mol. The van der Waals surface area contributed by atoms with Crippen molar-refractivity contribution in [2.45, 2.75) is 142 Å². The van der Waals surface area contributed by atoms with Crippen LogP contribution in [0.15, 0.2) is 181 Å². The molecule has 8 aromatic carbocycles. The normalized spacial score (nSPS) is 12.3. The molecular formula is C82H92F2GeN2O4S2Zr. The third-order valence-corrected chi connectivity index (χ3v) is 33.2. The number of hydrogen-bond donors (Lipinski definition) is 2. The number of aliphatic hydroxyl groups is 2. The number of hydrogen-bond acceptors (Lipinski definition) is 4. The summed E-state index contributed by atoms with van der Waals surface area (Å²) in [5, 5.41) is 33.3. The summed E-state index contributed by atoms with van der Waals surface area (Å²) < 4.78 is 46.7. The Kier molecular flexibility index (Phi) is 21.2. The zero-order valence-corrected chi connectivity index (χ0v) is 63.7. The fourth-order valence-electron chi connectivity index (χ4n) is 12.3. The van der Waals surface area contributed by atoms with Crippen LogP contribution >= 0.6 is 22.7 Å². The van der Waals surface area contributed by atoms with Gasteiger partial charge in [-0.1, -0.05) is 95.2 Å². The Hall–Kier alpha value is -7.01. The van der Waals surface area contributed by atoms with Gasteiger partial charge in [0.15, 0.2) is 0 Å². The van der Waals surface area contributed by atoms with Crippen LogP contribution in [0.5, 0.6) is 23.0 Å². The largest absolute Gasteiger partial charge is 0.199 e. The summed E-state index contributed by atoms with van der Waals surface area (Å²) in [6, 6.07) is 55.6. The van der Waals surface area contributed by atoms with E-state index >= 15 is 8.78 Å². The van der Waals surface area contributed by atoms with Crippen molar-refractivity contribution in [3.05, 3.63) is 239 Å². The fourth-order valence-corrected chi connectivity index (χ4v) is 22.3. The molecule has 0 atom stereocenters. The average Bonchev–Trinajstić information content (AvgIpc) is 1.58. The summed E-state index contributed by atoms with van der Waals surface area (Å²) in [6.07, 6.45) is 0. The molecule has 6 nitrogen and oxygen atoms in total. The number of aromatic hydroxyl groups is 4. The van der Waals surface area contributed by atoms with Gasteiger partial charge in [0.05, 0.1) is 0 Å². The molecule has 0 unspecified atom stereocenters. The van der Waals surface area contributed by atoms with Crippen LogP contribution < -0.4 is 0 Å². The summed E-state index contributed by atoms with van der Waals surface area (Å²) in [5.74, 6) is 0.556. The minimum Gasteiger partial charge on any atom is -0.199 e. The number of aromatic nitrogens is 2. The van der Waals surface area contributed by atoms with Gasteiger partial charge in [0, 0.05) is 26.2 Å². The van der Waals surface area contributed by atoms with Crippen molar-refractivity contribution in [1.82, 2.24) is 9.13 Å². The molecule has 0 saturated heterocycles. The maximum Gasteiger partial charge on any atom is 0 e. The van der Waals surface area contributed by atoms with Crippen LogP contribution in [0.2, 0.25) is 9.50 Å². The molecule has 94 heavy (non-hydrogen) atoms. The van der Waals surface area contributed by atoms with Gasteiger partial charge >= 0.3 is 374 Å². The van der Waals surface area contributed by atoms with Gasteiger partial charge in [-0.15, -0.1) is 24.3 Å². The second-order valence-corrected chi connectivity index (χ2v) is 42.8. The van der Waals surface area contributed by atoms with E-state index in [0.717, 1.165) is 54.7 Å². The maximum absolute atomic E-state index is 15.6. The second-order valence-electron chi connectivity index (χ2n) is 29.7. The van der Waals surface area contributed by atoms with Gasteiger partial charge < -0.3 is 0 Å². The first-order chi connectivity index (χ1) is 43.8. The molecule has 0 aliphatic rings. The Balaban J connectivity index is 0.000000615. The molecule has 0 saturated carbocycles. The van der Waals surface area contributed by atoms with Crippen molar-refractivity contribution in [3.8, 4) is 55.3 Å². The third kappa shape index (κ3) is 14.8. The van der Waals surface area contributed by atoms with E-state index in [4.69, 9.17) is 9.47 Å². The van der Waals surface area contributed by atoms with Gasteiger partial charge in [-0.3, -0.25) is 0 Å². The minimum atomic E-state index is -3.25. The van der Waals surface area contributed by atoms with Crippen LogP contribution in [-0.2, 0) is 47.9 Å². The van der Waals surface area contributed by atoms with Crippen LogP contribution in [0.3, 0.4) is 0 Å². The van der Waals surface area contributed by atoms with Gasteiger partial charge in [-0.05, 0) is 21.7 Å². The van der Waals surface area contributed by atoms with E-state index in [1.807, 2.05) is 71.4 Å². The molecule has 4 N–H and O–H groups in total. The first-order valence-electron chi connectivity index (χ1n) is 32.3. The molecule has 0 fully saturated rings. The maximum atomic E-state index is 15.6. The molecule has 0 aliphatic carbocycles. The van der Waals surface area contributed by atoms with E-state index in [1.165, 1.54) is 69.2 Å². The van der Waals surface area contributed by atoms with Crippen molar-refractivity contribution < 1.29 is 54.7 Å². The van der Waals surface area contributed by atoms with Crippen molar-refractivity contribution >= 4 is 79.6 Å². The molecule has 0 spiro atoms. The number of thiophene rings is 2. The van der Waals surface area contributed by atoms with Crippen molar-refractivity contribution in [2.75, 3.05) is 10.9 Å². The summed E-state index contributed by atoms with van der Waals surface area (Å²) >= 11 is -0.468. The number of fused-ring (bicyclic) bond motifs is 6. The average molecular weight is 1440 g/mol. The Labute approximate surface area is 586 Å². The molecule has 488 valence electrons. The second kappa shape index (κ2) is 28.0. The summed E-state index contributed by atoms with van der Waals surface area (Å²) in [5.41, 5.74) is 14.2. The zero-order valence-electron chi connectivity index (χ0n) is 57.6. The van der Waals surface area contributed by atoms with E-state index in [1.54, 1.807) is 12.1 Å². The van der Waals surface area contributed by atoms with Crippen LogP contribution in [0.1, 0.15) is 144 Å². The number of ether oxygens (including phenoxy) is 2. The van der Waals surface area contributed by atoms with Gasteiger partial charge in [-0.25, -0.2) is 0 Å². The van der Waals surface area contributed by atoms with Crippen molar-refractivity contribution in [3.63, 3.8) is 0 Å². The molecule has 4 aromatic heterocycles. The van der Waals surface area contributed by atoms with Gasteiger partial charge in [0.25, 0.3) is 0 Å². The van der Waals surface area contributed by atoms with E-state index < -0.39 is 24.9 Å². The summed E-state index contributed by atoms with van der Waals surface area (Å²) in [4.78, 5) is 1.10. The van der Waals surface area contributed by atoms with Gasteiger partial charge in [0.1, 0.15) is 0 Å². The number of rotatable bonds is 12.